The van der Waals surface area contributed by atoms with Gasteiger partial charge in [-0.05, 0) is 24.8 Å². The second-order valence-electron chi connectivity index (χ2n) is 8.88. The molecule has 2 fully saturated rings. The van der Waals surface area contributed by atoms with Crippen molar-refractivity contribution in [3.05, 3.63) is 33.8 Å². The van der Waals surface area contributed by atoms with Crippen molar-refractivity contribution < 1.29 is 24.5 Å². The number of hydrogen-bond acceptors (Lipinski definition) is 7. The highest BCUT2D eigenvalue weighted by Gasteiger charge is 2.30. The molecule has 0 spiro atoms. The van der Waals surface area contributed by atoms with E-state index < -0.39 is 23.5 Å². The van der Waals surface area contributed by atoms with Crippen molar-refractivity contribution >= 4 is 23.5 Å². The van der Waals surface area contributed by atoms with Crippen LogP contribution in [0.5, 0.6) is 5.88 Å². The summed E-state index contributed by atoms with van der Waals surface area (Å²) in [6.07, 6.45) is 5.61. The van der Waals surface area contributed by atoms with Gasteiger partial charge in [-0.15, -0.1) is 0 Å². The van der Waals surface area contributed by atoms with Crippen molar-refractivity contribution in [2.45, 2.75) is 45.4 Å². The Hall–Kier alpha value is -3.18. The molecule has 3 heterocycles. The molecule has 0 radical (unpaired) electrons. The first kappa shape index (κ1) is 23.0. The Labute approximate surface area is 190 Å². The average molecular weight is 460 g/mol. The van der Waals surface area contributed by atoms with Crippen LogP contribution in [-0.4, -0.2) is 79.6 Å². The third kappa shape index (κ3) is 4.79. The summed E-state index contributed by atoms with van der Waals surface area (Å²) < 4.78 is 7.95. The molecule has 1 unspecified atom stereocenters. The molecular formula is C22H29N5O6. The Morgan fingerprint density at radius 2 is 2.12 bits per heavy atom. The van der Waals surface area contributed by atoms with Gasteiger partial charge in [0, 0.05) is 37.3 Å². The minimum atomic E-state index is -0.717. The molecule has 1 aliphatic heterocycles. The average Bonchev–Trinajstić information content (AvgIpc) is 3.50. The van der Waals surface area contributed by atoms with Crippen LogP contribution in [0.3, 0.4) is 0 Å². The largest absolute Gasteiger partial charge is 0.494 e. The Balaban J connectivity index is 1.71. The van der Waals surface area contributed by atoms with E-state index in [1.807, 2.05) is 13.8 Å². The van der Waals surface area contributed by atoms with Gasteiger partial charge in [-0.3, -0.25) is 19.0 Å². The van der Waals surface area contributed by atoms with Crippen molar-refractivity contribution in [3.8, 4) is 5.88 Å². The molecule has 178 valence electrons. The zero-order valence-corrected chi connectivity index (χ0v) is 18.7. The molecule has 2 aliphatic rings. The maximum absolute atomic E-state index is 13.0. The third-order valence-electron chi connectivity index (χ3n) is 5.66. The molecule has 2 aromatic heterocycles. The van der Waals surface area contributed by atoms with Crippen molar-refractivity contribution in [1.82, 2.24) is 24.4 Å². The van der Waals surface area contributed by atoms with E-state index in [0.717, 1.165) is 17.4 Å². The highest BCUT2D eigenvalue weighted by molar-refractivity contribution is 5.97. The predicted molar refractivity (Wildman–Crippen MR) is 119 cm³/mol. The summed E-state index contributed by atoms with van der Waals surface area (Å²) in [5.74, 6) is -1.20. The zero-order chi connectivity index (χ0) is 23.7. The fourth-order valence-electron chi connectivity index (χ4n) is 3.85. The number of fused-ring (bicyclic) bond motifs is 1. The Kier molecular flexibility index (Phi) is 6.52. The molecule has 4 rings (SSSR count). The van der Waals surface area contributed by atoms with Gasteiger partial charge in [0.15, 0.2) is 5.56 Å². The van der Waals surface area contributed by atoms with Gasteiger partial charge in [0.25, 0.3) is 11.5 Å². The number of nitrogens with zero attached hydrogens (tertiary/aromatic N) is 4. The van der Waals surface area contributed by atoms with Crippen LogP contribution in [0.1, 0.15) is 42.6 Å². The normalized spacial score (nSPS) is 19.0. The van der Waals surface area contributed by atoms with Crippen LogP contribution >= 0.6 is 0 Å². The van der Waals surface area contributed by atoms with Crippen LogP contribution in [0.25, 0.3) is 11.7 Å². The molecule has 33 heavy (non-hydrogen) atoms. The lowest BCUT2D eigenvalue weighted by atomic mass is 10.2. The highest BCUT2D eigenvalue weighted by Crippen LogP contribution is 2.24. The number of aromatic nitrogens is 3. The molecule has 11 heteroatoms. The molecular weight excluding hydrogens is 430 g/mol. The van der Waals surface area contributed by atoms with Crippen LogP contribution in [-0.2, 0) is 16.1 Å². The molecule has 1 aliphatic carbocycles. The van der Waals surface area contributed by atoms with Crippen molar-refractivity contribution in [1.29, 1.82) is 0 Å². The summed E-state index contributed by atoms with van der Waals surface area (Å²) >= 11 is 0. The number of morpholine rings is 1. The van der Waals surface area contributed by atoms with E-state index >= 15 is 0 Å². The number of aliphatic hydroxyl groups is 1. The molecule has 2 aromatic rings. The number of carbonyl (C=O) groups is 2. The summed E-state index contributed by atoms with van der Waals surface area (Å²) in [6, 6.07) is 0.0262. The SMILES string of the molecule is CC(C)Cn1c(O)c(C(=O)NC2CC2)c(=O)n2ncc(C=CC(=O)N3CCOC(CO)C3)c12. The van der Waals surface area contributed by atoms with E-state index in [-0.39, 0.29) is 36.6 Å². The van der Waals surface area contributed by atoms with Gasteiger partial charge < -0.3 is 25.2 Å². The number of ether oxygens (including phenoxy) is 1. The van der Waals surface area contributed by atoms with Crippen molar-refractivity contribution in [3.63, 3.8) is 0 Å². The summed E-state index contributed by atoms with van der Waals surface area (Å²) in [5, 5.41) is 27.1. The fraction of sp³-hybridized carbons (Fsp3) is 0.545. The van der Waals surface area contributed by atoms with Gasteiger partial charge in [-0.1, -0.05) is 13.8 Å². The fourth-order valence-corrected chi connectivity index (χ4v) is 3.85. The summed E-state index contributed by atoms with van der Waals surface area (Å²) in [5.41, 5.74) is -0.301. The molecule has 11 nitrogen and oxygen atoms in total. The number of carbonyl (C=O) groups excluding carboxylic acids is 2. The lowest BCUT2D eigenvalue weighted by Crippen LogP contribution is -2.46. The Morgan fingerprint density at radius 1 is 1.36 bits per heavy atom. The van der Waals surface area contributed by atoms with Crippen LogP contribution in [0.4, 0.5) is 0 Å². The van der Waals surface area contributed by atoms with Gasteiger partial charge in [-0.2, -0.15) is 9.61 Å². The molecule has 1 atom stereocenters. The third-order valence-corrected chi connectivity index (χ3v) is 5.66. The van der Waals surface area contributed by atoms with E-state index in [1.54, 1.807) is 4.90 Å². The molecule has 0 aromatic carbocycles. The number of nitrogens with one attached hydrogen (secondary N) is 1. The standard InChI is InChI=1S/C22H29N5O6/c1-13(2)10-26-20-14(3-6-17(29)25-7-8-33-16(11-25)12-28)9-23-27(20)22(32)18(21(26)31)19(30)24-15-4-5-15/h3,6,9,13,15-16,28,31H,4-5,7-8,10-12H2,1-2H3,(H,24,30). The summed E-state index contributed by atoms with van der Waals surface area (Å²) in [4.78, 5) is 39.9. The number of aromatic hydroxyl groups is 1. The first-order chi connectivity index (χ1) is 15.8. The van der Waals surface area contributed by atoms with Gasteiger partial charge >= 0.3 is 0 Å². The van der Waals surface area contributed by atoms with Crippen LogP contribution < -0.4 is 10.9 Å². The van der Waals surface area contributed by atoms with Gasteiger partial charge in [-0.25, -0.2) is 0 Å². The number of amides is 2. The number of hydrogen-bond donors (Lipinski definition) is 3. The maximum Gasteiger partial charge on any atom is 0.291 e. The second kappa shape index (κ2) is 9.36. The monoisotopic (exact) mass is 459 g/mol. The lowest BCUT2D eigenvalue weighted by molar-refractivity contribution is -0.134. The molecule has 1 saturated carbocycles. The Bertz CT molecular complexity index is 1150. The zero-order valence-electron chi connectivity index (χ0n) is 18.7. The highest BCUT2D eigenvalue weighted by atomic mass is 16.5. The van der Waals surface area contributed by atoms with E-state index in [9.17, 15) is 24.6 Å². The smallest absolute Gasteiger partial charge is 0.291 e. The van der Waals surface area contributed by atoms with E-state index in [0.29, 0.717) is 30.9 Å². The predicted octanol–water partition coefficient (Wildman–Crippen LogP) is -0.0173. The van der Waals surface area contributed by atoms with Crippen LogP contribution in [0.15, 0.2) is 17.1 Å². The summed E-state index contributed by atoms with van der Waals surface area (Å²) in [6.45, 7) is 5.10. The number of rotatable bonds is 7. The first-order valence-corrected chi connectivity index (χ1v) is 11.1. The molecule has 3 N–H and O–H groups in total. The first-order valence-electron chi connectivity index (χ1n) is 11.1. The van der Waals surface area contributed by atoms with Gasteiger partial charge in [0.2, 0.25) is 11.8 Å². The number of aliphatic hydroxyl groups excluding tert-OH is 1. The summed E-state index contributed by atoms with van der Waals surface area (Å²) in [7, 11) is 0. The maximum atomic E-state index is 13.0. The quantitative estimate of drug-likeness (QED) is 0.495. The molecule has 0 bridgehead atoms. The van der Waals surface area contributed by atoms with E-state index in [2.05, 4.69) is 10.4 Å². The second-order valence-corrected chi connectivity index (χ2v) is 8.88. The van der Waals surface area contributed by atoms with Gasteiger partial charge in [0.05, 0.1) is 25.5 Å². The molecule has 2 amide bonds. The topological polar surface area (TPSA) is 138 Å². The van der Waals surface area contributed by atoms with E-state index in [4.69, 9.17) is 4.74 Å². The molecule has 1 saturated heterocycles. The van der Waals surface area contributed by atoms with Crippen LogP contribution in [0, 0.1) is 5.92 Å². The minimum absolute atomic E-state index is 0.0262. The Morgan fingerprint density at radius 3 is 2.79 bits per heavy atom. The van der Waals surface area contributed by atoms with E-state index in [1.165, 1.54) is 22.9 Å². The van der Waals surface area contributed by atoms with Crippen LogP contribution in [0.2, 0.25) is 0 Å². The minimum Gasteiger partial charge on any atom is -0.494 e. The lowest BCUT2D eigenvalue weighted by Gasteiger charge is -2.31. The van der Waals surface area contributed by atoms with Crippen molar-refractivity contribution in [2.24, 2.45) is 5.92 Å². The van der Waals surface area contributed by atoms with Crippen molar-refractivity contribution in [2.75, 3.05) is 26.3 Å². The van der Waals surface area contributed by atoms with Gasteiger partial charge in [0.1, 0.15) is 5.65 Å².